The van der Waals surface area contributed by atoms with E-state index >= 15 is 0 Å². The summed E-state index contributed by atoms with van der Waals surface area (Å²) >= 11 is 0. The molecule has 32 heteroatoms. The van der Waals surface area contributed by atoms with Gasteiger partial charge in [0.05, 0.1) is 32.1 Å². The van der Waals surface area contributed by atoms with E-state index in [0.717, 1.165) is 6.92 Å². The smallest absolute Gasteiger partial charge is 0.326 e. The quantitative estimate of drug-likeness (QED) is 0.0158. The average molecular weight is 1070 g/mol. The van der Waals surface area contributed by atoms with Gasteiger partial charge < -0.3 is 90.4 Å². The number of nitrogens with one attached hydrogen (secondary N) is 12. The average Bonchev–Trinajstić information content (AvgIpc) is 3.30. The molecule has 0 aliphatic carbocycles. The topological polar surface area (TPSA) is 528 Å². The molecule has 0 aromatic carbocycles. The maximum atomic E-state index is 13.3. The molecule has 0 saturated carbocycles. The first-order valence-electron chi connectivity index (χ1n) is 23.5. The van der Waals surface area contributed by atoms with Crippen LogP contribution < -0.4 is 70.0 Å². The number of aliphatic carboxylic acids is 4. The molecule has 20 N–H and O–H groups in total. The number of hydrogen-bond donors (Lipinski definition) is 18. The van der Waals surface area contributed by atoms with Crippen molar-refractivity contribution >= 4 is 88.9 Å². The largest absolute Gasteiger partial charge is 0.481 e. The molecule has 0 aliphatic rings. The van der Waals surface area contributed by atoms with Crippen LogP contribution in [0, 0.1) is 17.2 Å². The van der Waals surface area contributed by atoms with Crippen LogP contribution in [-0.2, 0) is 67.1 Å². The van der Waals surface area contributed by atoms with E-state index in [1.165, 1.54) is 6.92 Å². The number of hydrogen-bond acceptors (Lipinski definition) is 16. The van der Waals surface area contributed by atoms with E-state index in [1.54, 1.807) is 27.7 Å². The molecule has 0 saturated heterocycles. The maximum Gasteiger partial charge on any atom is 0.326 e. The van der Waals surface area contributed by atoms with Crippen LogP contribution in [0.5, 0.6) is 0 Å². The summed E-state index contributed by atoms with van der Waals surface area (Å²) in [5.41, 5.74) is 11.0. The van der Waals surface area contributed by atoms with Crippen LogP contribution in [0.25, 0.3) is 0 Å². The molecule has 32 nitrogen and oxygen atoms in total. The molecular formula is C43H72N14O18. The first-order chi connectivity index (χ1) is 34.8. The normalized spacial score (nSPS) is 14.0. The Morgan fingerprint density at radius 1 is 0.453 bits per heavy atom. The van der Waals surface area contributed by atoms with Gasteiger partial charge in [0.25, 0.3) is 0 Å². The molecule has 10 amide bonds. The Morgan fingerprint density at radius 2 is 0.893 bits per heavy atom. The Balaban J connectivity index is 5.54. The predicted molar refractivity (Wildman–Crippen MR) is 259 cm³/mol. The summed E-state index contributed by atoms with van der Waals surface area (Å²) < 4.78 is 0. The molecule has 0 aromatic rings. The third-order valence-corrected chi connectivity index (χ3v) is 10.4. The summed E-state index contributed by atoms with van der Waals surface area (Å²) in [5.74, 6) is -16.4. The first-order valence-corrected chi connectivity index (χ1v) is 23.5. The molecule has 0 heterocycles. The molecule has 0 aromatic heterocycles. The minimum absolute atomic E-state index is 0.0320. The molecule has 422 valence electrons. The van der Waals surface area contributed by atoms with Gasteiger partial charge in [-0.15, -0.1) is 0 Å². The van der Waals surface area contributed by atoms with Gasteiger partial charge in [-0.1, -0.05) is 27.7 Å². The summed E-state index contributed by atoms with van der Waals surface area (Å²) in [5, 5.41) is 69.3. The van der Waals surface area contributed by atoms with Crippen LogP contribution in [0.1, 0.15) is 92.9 Å². The van der Waals surface area contributed by atoms with E-state index in [2.05, 4.69) is 58.5 Å². The van der Waals surface area contributed by atoms with Crippen molar-refractivity contribution in [2.75, 3.05) is 26.2 Å². The second kappa shape index (κ2) is 34.3. The van der Waals surface area contributed by atoms with Crippen LogP contribution >= 0.6 is 0 Å². The maximum absolute atomic E-state index is 13.3. The van der Waals surface area contributed by atoms with Crippen LogP contribution in [0.3, 0.4) is 0 Å². The highest BCUT2D eigenvalue weighted by Crippen LogP contribution is 2.08. The van der Waals surface area contributed by atoms with Crippen molar-refractivity contribution in [2.45, 2.75) is 141 Å². The fourth-order valence-electron chi connectivity index (χ4n) is 6.19. The van der Waals surface area contributed by atoms with Gasteiger partial charge in [0.2, 0.25) is 59.1 Å². The van der Waals surface area contributed by atoms with Crippen LogP contribution in [0.15, 0.2) is 0 Å². The van der Waals surface area contributed by atoms with Crippen LogP contribution in [0.2, 0.25) is 0 Å². The number of carbonyl (C=O) groups excluding carboxylic acids is 10. The zero-order chi connectivity index (χ0) is 57.7. The van der Waals surface area contributed by atoms with E-state index < -0.39 is 189 Å². The summed E-state index contributed by atoms with van der Waals surface area (Å²) in [4.78, 5) is 175. The monoisotopic (exact) mass is 1070 g/mol. The highest BCUT2D eigenvalue weighted by atomic mass is 16.4. The summed E-state index contributed by atoms with van der Waals surface area (Å²) in [7, 11) is 0. The highest BCUT2D eigenvalue weighted by molar-refractivity contribution is 5.98. The fraction of sp³-hybridized carbons (Fsp3) is 0.651. The standard InChI is InChI=1S/C43H72N14O18/c1-19(2)14-26(37(69)50-18-30(60)54-25(42(74)75)8-7-13-47-43(45)46)56-36(68)22(6)52-38(70)23(9-11-31(61)62)53-29(59)17-48-28(58)16-49-35(67)21(5)51-39(71)24(10-12-32(63)64)55-40(72)27(15-33(65)66)57-41(73)34(44)20(3)4/h19-27,34H,7-18,44H2,1-6H3,(H,48,58)(H,49,67)(H,50,69)(H,51,71)(H,52,70)(H,53,59)(H,54,60)(H,55,72)(H,56,68)(H,57,73)(H,61,62)(H,63,64)(H,65,66)(H,74,75)(H4,45,46,47)/t21-,22-,23-,24-,25-,26-,27-,34-/m0/s1. The van der Waals surface area contributed by atoms with E-state index in [1.807, 2.05) is 0 Å². The van der Waals surface area contributed by atoms with Crippen molar-refractivity contribution in [3.63, 3.8) is 0 Å². The van der Waals surface area contributed by atoms with Gasteiger partial charge in [-0.25, -0.2) is 4.79 Å². The first kappa shape index (κ1) is 66.8. The zero-order valence-electron chi connectivity index (χ0n) is 42.4. The lowest BCUT2D eigenvalue weighted by Gasteiger charge is -2.25. The van der Waals surface area contributed by atoms with E-state index in [9.17, 15) is 87.5 Å². The Morgan fingerprint density at radius 3 is 1.37 bits per heavy atom. The summed E-state index contributed by atoms with van der Waals surface area (Å²) in [6, 6.07) is -11.6. The highest BCUT2D eigenvalue weighted by Gasteiger charge is 2.33. The van der Waals surface area contributed by atoms with Crippen molar-refractivity contribution in [1.82, 2.24) is 58.5 Å². The Hall–Kier alpha value is -8.19. The minimum atomic E-state index is -1.74. The molecular weight excluding hydrogens is 1000 g/mol. The lowest BCUT2D eigenvalue weighted by molar-refractivity contribution is -0.142. The van der Waals surface area contributed by atoms with E-state index in [-0.39, 0.29) is 37.7 Å². The van der Waals surface area contributed by atoms with Gasteiger partial charge in [0.15, 0.2) is 5.96 Å². The number of rotatable bonds is 36. The third kappa shape index (κ3) is 29.2. The van der Waals surface area contributed by atoms with E-state index in [0.29, 0.717) is 0 Å². The van der Waals surface area contributed by atoms with E-state index in [4.69, 9.17) is 16.9 Å². The molecule has 0 radical (unpaired) electrons. The lowest BCUT2D eigenvalue weighted by atomic mass is 10.0. The molecule has 0 aliphatic heterocycles. The number of carbonyl (C=O) groups is 14. The van der Waals surface area contributed by atoms with Gasteiger partial charge in [0.1, 0.15) is 42.3 Å². The van der Waals surface area contributed by atoms with Crippen molar-refractivity contribution in [3.8, 4) is 0 Å². The molecule has 75 heavy (non-hydrogen) atoms. The second-order valence-electron chi connectivity index (χ2n) is 17.8. The van der Waals surface area contributed by atoms with Crippen molar-refractivity contribution in [1.29, 1.82) is 5.41 Å². The molecule has 0 rings (SSSR count). The molecule has 0 spiro atoms. The van der Waals surface area contributed by atoms with Gasteiger partial charge in [-0.2, -0.15) is 0 Å². The number of carboxylic acid groups (broad SMARTS) is 4. The number of amides is 10. The molecule has 0 fully saturated rings. The van der Waals surface area contributed by atoms with Crippen molar-refractivity contribution in [2.24, 2.45) is 23.3 Å². The van der Waals surface area contributed by atoms with Crippen molar-refractivity contribution < 1.29 is 87.5 Å². The fourth-order valence-corrected chi connectivity index (χ4v) is 6.19. The van der Waals surface area contributed by atoms with Crippen LogP contribution in [0.4, 0.5) is 0 Å². The lowest BCUT2D eigenvalue weighted by Crippen LogP contribution is -2.58. The molecule has 8 atom stereocenters. The SMILES string of the molecule is CC(C)C[C@H](NC(=O)[C@H](C)NC(=O)[C@H](CCC(=O)O)NC(=O)CNC(=O)CNC(=O)[C@H](C)NC(=O)[C@H](CCC(=O)O)NC(=O)[C@H](CC(=O)O)NC(=O)[C@@H](N)C(C)C)C(=O)NCC(=O)N[C@@H](CCCNC(=N)N)C(=O)O. The number of carboxylic acids is 4. The summed E-state index contributed by atoms with van der Waals surface area (Å²) in [6.07, 6.45) is -3.08. The van der Waals surface area contributed by atoms with Crippen molar-refractivity contribution in [3.05, 3.63) is 0 Å². The number of guanidine groups is 1. The Labute approximate surface area is 430 Å². The van der Waals surface area contributed by atoms with Crippen LogP contribution in [-0.4, -0.2) is 184 Å². The number of nitrogens with two attached hydrogens (primary N) is 2. The Bertz CT molecular complexity index is 2090. The van der Waals surface area contributed by atoms with Gasteiger partial charge >= 0.3 is 23.9 Å². The predicted octanol–water partition coefficient (Wildman–Crippen LogP) is -6.65. The summed E-state index contributed by atoms with van der Waals surface area (Å²) in [6.45, 7) is 6.86. The van der Waals surface area contributed by atoms with Gasteiger partial charge in [-0.3, -0.25) is 67.7 Å². The minimum Gasteiger partial charge on any atom is -0.481 e. The van der Waals surface area contributed by atoms with Gasteiger partial charge in [-0.05, 0) is 57.8 Å². The zero-order valence-corrected chi connectivity index (χ0v) is 42.4. The Kier molecular flexibility index (Phi) is 30.5. The molecule has 0 bridgehead atoms. The van der Waals surface area contributed by atoms with Gasteiger partial charge in [0, 0.05) is 19.4 Å². The molecule has 0 unspecified atom stereocenters. The third-order valence-electron chi connectivity index (χ3n) is 10.4. The second-order valence-corrected chi connectivity index (χ2v) is 17.8.